The first kappa shape index (κ1) is 23.3. The third-order valence-corrected chi connectivity index (χ3v) is 6.81. The van der Waals surface area contributed by atoms with E-state index in [0.29, 0.717) is 25.3 Å². The zero-order chi connectivity index (χ0) is 23.4. The summed E-state index contributed by atoms with van der Waals surface area (Å²) in [7, 11) is 0. The van der Waals surface area contributed by atoms with Crippen molar-refractivity contribution in [2.75, 3.05) is 13.1 Å². The van der Waals surface area contributed by atoms with Gasteiger partial charge in [-0.2, -0.15) is 0 Å². The number of fused-ring (bicyclic) bond motifs is 1. The summed E-state index contributed by atoms with van der Waals surface area (Å²) in [5, 5.41) is 2.82. The van der Waals surface area contributed by atoms with Gasteiger partial charge in [0.15, 0.2) is 6.10 Å². The maximum Gasteiger partial charge on any atom is 0.261 e. The summed E-state index contributed by atoms with van der Waals surface area (Å²) >= 11 is 0. The summed E-state index contributed by atoms with van der Waals surface area (Å²) in [6.07, 6.45) is 4.80. The summed E-state index contributed by atoms with van der Waals surface area (Å²) in [6.45, 7) is 4.99. The molecule has 0 unspecified atom stereocenters. The third-order valence-electron chi connectivity index (χ3n) is 6.81. The Hall–Kier alpha value is -2.89. The smallest absolute Gasteiger partial charge is 0.261 e. The molecule has 2 aromatic rings. The highest BCUT2D eigenvalue weighted by atomic mass is 19.1. The molecule has 1 N–H and O–H groups in total. The van der Waals surface area contributed by atoms with Gasteiger partial charge < -0.3 is 15.0 Å². The minimum absolute atomic E-state index is 0.0659. The molecule has 1 fully saturated rings. The Balaban J connectivity index is 1.69. The quantitative estimate of drug-likeness (QED) is 0.658. The van der Waals surface area contributed by atoms with E-state index in [0.717, 1.165) is 48.8 Å². The summed E-state index contributed by atoms with van der Waals surface area (Å²) < 4.78 is 19.8. The van der Waals surface area contributed by atoms with Gasteiger partial charge in [0.2, 0.25) is 5.91 Å². The molecule has 6 heteroatoms. The highest BCUT2D eigenvalue weighted by molar-refractivity contribution is 5.81. The van der Waals surface area contributed by atoms with E-state index in [1.54, 1.807) is 12.1 Å². The summed E-state index contributed by atoms with van der Waals surface area (Å²) in [5.41, 5.74) is 3.03. The molecule has 1 heterocycles. The lowest BCUT2D eigenvalue weighted by molar-refractivity contribution is -0.137. The third kappa shape index (κ3) is 5.05. The molecular weight excluding hydrogens is 419 g/mol. The number of halogens is 1. The van der Waals surface area contributed by atoms with Gasteiger partial charge in [0, 0.05) is 19.0 Å². The van der Waals surface area contributed by atoms with Crippen molar-refractivity contribution in [1.29, 1.82) is 0 Å². The summed E-state index contributed by atoms with van der Waals surface area (Å²) in [6, 6.07) is 12.0. The Labute approximate surface area is 195 Å². The number of rotatable bonds is 7. The van der Waals surface area contributed by atoms with Crippen LogP contribution in [0.1, 0.15) is 68.7 Å². The zero-order valence-electron chi connectivity index (χ0n) is 19.5. The van der Waals surface area contributed by atoms with Crippen LogP contribution in [0.25, 0.3) is 0 Å². The van der Waals surface area contributed by atoms with Gasteiger partial charge in [-0.25, -0.2) is 4.39 Å². The van der Waals surface area contributed by atoms with Crippen molar-refractivity contribution in [3.8, 4) is 5.75 Å². The van der Waals surface area contributed by atoms with Crippen LogP contribution in [0.2, 0.25) is 0 Å². The van der Waals surface area contributed by atoms with Crippen molar-refractivity contribution < 1.29 is 18.7 Å². The van der Waals surface area contributed by atoms with Crippen LogP contribution in [-0.4, -0.2) is 35.9 Å². The van der Waals surface area contributed by atoms with Crippen LogP contribution in [0, 0.1) is 11.7 Å². The van der Waals surface area contributed by atoms with Crippen LogP contribution in [0.4, 0.5) is 4.39 Å². The second kappa shape index (κ2) is 10.4. The summed E-state index contributed by atoms with van der Waals surface area (Å²) in [5.74, 6) is 0.428. The topological polar surface area (TPSA) is 58.6 Å². The molecule has 176 valence electrons. The van der Waals surface area contributed by atoms with Crippen LogP contribution in [0.5, 0.6) is 5.75 Å². The standard InChI is InChI=1S/C27H33FN2O3/c1-3-24(26(31)29-4-2)33-22-14-11-18-15-16-30(27(32)20-7-5-6-8-20)25(23(18)17-22)19-9-12-21(28)13-10-19/h9-14,17,20,24-25H,3-8,15-16H2,1-2H3,(H,29,31)/t24-,25-/m1/s1. The normalized spacial score (nSPS) is 19.1. The predicted octanol–water partition coefficient (Wildman–Crippen LogP) is 4.78. The van der Waals surface area contributed by atoms with Gasteiger partial charge in [-0.05, 0) is 73.6 Å². The molecule has 1 saturated carbocycles. The number of ether oxygens (including phenoxy) is 1. The molecule has 2 amide bonds. The minimum atomic E-state index is -0.577. The highest BCUT2D eigenvalue weighted by Crippen LogP contribution is 2.40. The lowest BCUT2D eigenvalue weighted by atomic mass is 9.87. The molecule has 0 radical (unpaired) electrons. The number of carbonyl (C=O) groups is 2. The average Bonchev–Trinajstić information content (AvgIpc) is 3.37. The number of likely N-dealkylation sites (N-methyl/N-ethyl adjacent to an activating group) is 1. The average molecular weight is 453 g/mol. The fourth-order valence-corrected chi connectivity index (χ4v) is 5.09. The Morgan fingerprint density at radius 3 is 2.52 bits per heavy atom. The van der Waals surface area contributed by atoms with E-state index in [2.05, 4.69) is 5.32 Å². The molecule has 1 aliphatic heterocycles. The van der Waals surface area contributed by atoms with E-state index in [9.17, 15) is 14.0 Å². The maximum atomic E-state index is 13.7. The van der Waals surface area contributed by atoms with Crippen molar-refractivity contribution in [2.45, 2.75) is 64.5 Å². The Morgan fingerprint density at radius 2 is 1.85 bits per heavy atom. The Morgan fingerprint density at radius 1 is 1.12 bits per heavy atom. The molecule has 2 aliphatic rings. The molecule has 2 aromatic carbocycles. The van der Waals surface area contributed by atoms with E-state index >= 15 is 0 Å². The molecule has 5 nitrogen and oxygen atoms in total. The fraction of sp³-hybridized carbons (Fsp3) is 0.481. The van der Waals surface area contributed by atoms with Gasteiger partial charge >= 0.3 is 0 Å². The number of amides is 2. The van der Waals surface area contributed by atoms with Crippen molar-refractivity contribution in [1.82, 2.24) is 10.2 Å². The first-order valence-corrected chi connectivity index (χ1v) is 12.1. The van der Waals surface area contributed by atoms with E-state index in [1.165, 1.54) is 12.1 Å². The lowest BCUT2D eigenvalue weighted by Gasteiger charge is -2.39. The SMILES string of the molecule is CCNC(=O)[C@@H](CC)Oc1ccc2c(c1)[C@@H](c1ccc(F)cc1)N(C(=O)C1CCCC1)CC2. The van der Waals surface area contributed by atoms with E-state index in [-0.39, 0.29) is 29.6 Å². The van der Waals surface area contributed by atoms with Gasteiger partial charge in [-0.3, -0.25) is 9.59 Å². The molecule has 33 heavy (non-hydrogen) atoms. The van der Waals surface area contributed by atoms with Crippen LogP contribution < -0.4 is 10.1 Å². The van der Waals surface area contributed by atoms with Crippen LogP contribution in [-0.2, 0) is 16.0 Å². The summed E-state index contributed by atoms with van der Waals surface area (Å²) in [4.78, 5) is 27.8. The lowest BCUT2D eigenvalue weighted by Crippen LogP contribution is -2.43. The second-order valence-electron chi connectivity index (χ2n) is 8.99. The monoisotopic (exact) mass is 452 g/mol. The molecular formula is C27H33FN2O3. The maximum absolute atomic E-state index is 13.7. The molecule has 2 atom stereocenters. The van der Waals surface area contributed by atoms with E-state index in [1.807, 2.05) is 36.9 Å². The first-order valence-electron chi connectivity index (χ1n) is 12.1. The number of benzene rings is 2. The molecule has 4 rings (SSSR count). The van der Waals surface area contributed by atoms with Gasteiger partial charge in [0.1, 0.15) is 11.6 Å². The minimum Gasteiger partial charge on any atom is -0.481 e. The van der Waals surface area contributed by atoms with Crippen molar-refractivity contribution in [3.63, 3.8) is 0 Å². The molecule has 0 bridgehead atoms. The van der Waals surface area contributed by atoms with Gasteiger partial charge in [0.05, 0.1) is 6.04 Å². The Bertz CT molecular complexity index is 985. The van der Waals surface area contributed by atoms with Crippen molar-refractivity contribution >= 4 is 11.8 Å². The largest absolute Gasteiger partial charge is 0.481 e. The number of hydrogen-bond donors (Lipinski definition) is 1. The predicted molar refractivity (Wildman–Crippen MR) is 125 cm³/mol. The van der Waals surface area contributed by atoms with Gasteiger partial charge in [-0.1, -0.05) is 38.0 Å². The second-order valence-corrected chi connectivity index (χ2v) is 8.99. The molecule has 1 aliphatic carbocycles. The highest BCUT2D eigenvalue weighted by Gasteiger charge is 2.36. The van der Waals surface area contributed by atoms with Gasteiger partial charge in [0.25, 0.3) is 5.91 Å². The van der Waals surface area contributed by atoms with Crippen LogP contribution in [0.3, 0.4) is 0 Å². The molecule has 0 saturated heterocycles. The number of nitrogens with one attached hydrogen (secondary N) is 1. The number of carbonyl (C=O) groups excluding carboxylic acids is 2. The van der Waals surface area contributed by atoms with Crippen LogP contribution >= 0.6 is 0 Å². The zero-order valence-corrected chi connectivity index (χ0v) is 19.5. The van der Waals surface area contributed by atoms with E-state index in [4.69, 9.17) is 4.74 Å². The van der Waals surface area contributed by atoms with Crippen molar-refractivity contribution in [2.24, 2.45) is 5.92 Å². The molecule has 0 spiro atoms. The van der Waals surface area contributed by atoms with E-state index < -0.39 is 6.10 Å². The number of nitrogens with zero attached hydrogens (tertiary/aromatic N) is 1. The van der Waals surface area contributed by atoms with Crippen LogP contribution in [0.15, 0.2) is 42.5 Å². The molecule has 0 aromatic heterocycles. The van der Waals surface area contributed by atoms with Gasteiger partial charge in [-0.15, -0.1) is 0 Å². The first-order chi connectivity index (χ1) is 16.0. The fourth-order valence-electron chi connectivity index (χ4n) is 5.09. The van der Waals surface area contributed by atoms with Crippen molar-refractivity contribution in [3.05, 3.63) is 65.0 Å². The Kier molecular flexibility index (Phi) is 7.31. The number of hydrogen-bond acceptors (Lipinski definition) is 3.